The molecule has 3 aliphatic rings. The largest absolute Gasteiger partial charge is 0.341 e. The van der Waals surface area contributed by atoms with Crippen LogP contribution >= 0.6 is 0 Å². The van der Waals surface area contributed by atoms with Crippen molar-refractivity contribution in [2.24, 2.45) is 11.3 Å². The van der Waals surface area contributed by atoms with E-state index in [1.807, 2.05) is 46.2 Å². The summed E-state index contributed by atoms with van der Waals surface area (Å²) in [5.41, 5.74) is 1.44. The molecule has 126 valence electrons. The summed E-state index contributed by atoms with van der Waals surface area (Å²) in [5.74, 6) is 0.664. The summed E-state index contributed by atoms with van der Waals surface area (Å²) in [7, 11) is 0. The Morgan fingerprint density at radius 3 is 2.42 bits per heavy atom. The lowest BCUT2D eigenvalue weighted by molar-refractivity contribution is -0.133. The highest BCUT2D eigenvalue weighted by atomic mass is 16.2. The Balaban J connectivity index is 1.32. The second-order valence-electron chi connectivity index (χ2n) is 7.37. The summed E-state index contributed by atoms with van der Waals surface area (Å²) in [6.45, 7) is 2.84. The lowest BCUT2D eigenvalue weighted by atomic mass is 10.2. The minimum atomic E-state index is 0.0400. The van der Waals surface area contributed by atoms with Crippen molar-refractivity contribution < 1.29 is 9.59 Å². The summed E-state index contributed by atoms with van der Waals surface area (Å²) < 4.78 is 0. The van der Waals surface area contributed by atoms with Crippen LogP contribution in [0.2, 0.25) is 0 Å². The van der Waals surface area contributed by atoms with Gasteiger partial charge in [-0.1, -0.05) is 30.3 Å². The minimum absolute atomic E-state index is 0.0400. The highest BCUT2D eigenvalue weighted by Gasteiger charge is 2.66. The number of rotatable bonds is 3. The van der Waals surface area contributed by atoms with Gasteiger partial charge >= 0.3 is 0 Å². The van der Waals surface area contributed by atoms with E-state index in [-0.39, 0.29) is 11.8 Å². The fourth-order valence-electron chi connectivity index (χ4n) is 3.83. The first-order valence-corrected chi connectivity index (χ1v) is 8.99. The predicted molar refractivity (Wildman–Crippen MR) is 93.0 cm³/mol. The van der Waals surface area contributed by atoms with Crippen molar-refractivity contribution in [1.29, 1.82) is 0 Å². The molecule has 24 heavy (non-hydrogen) atoms. The Kier molecular flexibility index (Phi) is 3.91. The molecule has 4 rings (SSSR count). The van der Waals surface area contributed by atoms with Crippen LogP contribution in [0.1, 0.15) is 31.2 Å². The van der Waals surface area contributed by atoms with Crippen molar-refractivity contribution in [2.75, 3.05) is 26.2 Å². The van der Waals surface area contributed by atoms with Gasteiger partial charge < -0.3 is 9.80 Å². The van der Waals surface area contributed by atoms with Crippen molar-refractivity contribution in [3.05, 3.63) is 42.0 Å². The quantitative estimate of drug-likeness (QED) is 0.802. The highest BCUT2D eigenvalue weighted by Crippen LogP contribution is 2.70. The molecular formula is C20H24N2O2. The van der Waals surface area contributed by atoms with Gasteiger partial charge in [0.05, 0.1) is 0 Å². The van der Waals surface area contributed by atoms with Crippen molar-refractivity contribution in [3.8, 4) is 0 Å². The number of amides is 2. The van der Waals surface area contributed by atoms with Gasteiger partial charge in [0.1, 0.15) is 0 Å². The zero-order valence-electron chi connectivity index (χ0n) is 14.0. The van der Waals surface area contributed by atoms with Crippen LogP contribution in [0.4, 0.5) is 0 Å². The smallest absolute Gasteiger partial charge is 0.246 e. The first-order valence-electron chi connectivity index (χ1n) is 8.99. The van der Waals surface area contributed by atoms with Gasteiger partial charge in [-0.2, -0.15) is 0 Å². The molecule has 2 saturated carbocycles. The number of benzene rings is 1. The molecule has 1 spiro atoms. The molecule has 1 unspecified atom stereocenters. The Bertz CT molecular complexity index is 663. The van der Waals surface area contributed by atoms with Gasteiger partial charge in [-0.15, -0.1) is 0 Å². The molecule has 2 aliphatic carbocycles. The maximum atomic E-state index is 12.6. The predicted octanol–water partition coefficient (Wildman–Crippen LogP) is 2.56. The van der Waals surface area contributed by atoms with Crippen molar-refractivity contribution in [1.82, 2.24) is 9.80 Å². The summed E-state index contributed by atoms with van der Waals surface area (Å²) in [4.78, 5) is 28.8. The second kappa shape index (κ2) is 6.08. The molecule has 2 amide bonds. The van der Waals surface area contributed by atoms with E-state index in [0.717, 1.165) is 31.5 Å². The molecule has 0 bridgehead atoms. The van der Waals surface area contributed by atoms with Gasteiger partial charge in [-0.3, -0.25) is 9.59 Å². The van der Waals surface area contributed by atoms with Crippen molar-refractivity contribution in [3.63, 3.8) is 0 Å². The Morgan fingerprint density at radius 2 is 1.71 bits per heavy atom. The SMILES string of the molecule is O=C(C=Cc1ccccc1)N1CCCN(C(=O)C2CC23CC3)CC1. The van der Waals surface area contributed by atoms with Gasteiger partial charge in [0, 0.05) is 38.2 Å². The third-order valence-corrected chi connectivity index (χ3v) is 5.72. The summed E-state index contributed by atoms with van der Waals surface area (Å²) in [5, 5.41) is 0. The van der Waals surface area contributed by atoms with E-state index < -0.39 is 0 Å². The molecule has 0 N–H and O–H groups in total. The van der Waals surface area contributed by atoms with Gasteiger partial charge in [0.15, 0.2) is 0 Å². The van der Waals surface area contributed by atoms with E-state index in [4.69, 9.17) is 0 Å². The van der Waals surface area contributed by atoms with Gasteiger partial charge in [-0.25, -0.2) is 0 Å². The molecule has 1 aromatic rings. The molecule has 1 saturated heterocycles. The molecule has 1 aromatic carbocycles. The zero-order valence-corrected chi connectivity index (χ0v) is 14.0. The lowest BCUT2D eigenvalue weighted by Crippen LogP contribution is -2.37. The molecule has 1 heterocycles. The van der Waals surface area contributed by atoms with Crippen LogP contribution in [-0.2, 0) is 9.59 Å². The first-order chi connectivity index (χ1) is 11.7. The van der Waals surface area contributed by atoms with Crippen LogP contribution in [0, 0.1) is 11.3 Å². The van der Waals surface area contributed by atoms with Crippen LogP contribution in [0.25, 0.3) is 6.08 Å². The third-order valence-electron chi connectivity index (χ3n) is 5.72. The molecule has 4 nitrogen and oxygen atoms in total. The molecule has 1 atom stereocenters. The molecule has 0 aromatic heterocycles. The number of carbonyl (C=O) groups excluding carboxylic acids is 2. The molecular weight excluding hydrogens is 300 g/mol. The molecule has 1 aliphatic heterocycles. The van der Waals surface area contributed by atoms with E-state index in [9.17, 15) is 9.59 Å². The van der Waals surface area contributed by atoms with Crippen LogP contribution < -0.4 is 0 Å². The topological polar surface area (TPSA) is 40.6 Å². The van der Waals surface area contributed by atoms with E-state index in [2.05, 4.69) is 0 Å². The lowest BCUT2D eigenvalue weighted by Gasteiger charge is -2.21. The van der Waals surface area contributed by atoms with Gasteiger partial charge in [0.2, 0.25) is 11.8 Å². The standard InChI is InChI=1S/C20H24N2O2/c23-18(8-7-16-5-2-1-3-6-16)21-11-4-12-22(14-13-21)19(24)17-15-20(17)9-10-20/h1-3,5-8,17H,4,9-15H2. The number of hydrogen-bond acceptors (Lipinski definition) is 2. The maximum Gasteiger partial charge on any atom is 0.246 e. The fourth-order valence-corrected chi connectivity index (χ4v) is 3.83. The van der Waals surface area contributed by atoms with Gasteiger partial charge in [-0.05, 0) is 42.7 Å². The normalized spacial score (nSPS) is 24.9. The number of carbonyl (C=O) groups is 2. The molecule has 3 fully saturated rings. The Morgan fingerprint density at radius 1 is 1.00 bits per heavy atom. The second-order valence-corrected chi connectivity index (χ2v) is 7.37. The zero-order chi connectivity index (χ0) is 16.6. The van der Waals surface area contributed by atoms with E-state index in [0.29, 0.717) is 24.4 Å². The summed E-state index contributed by atoms with van der Waals surface area (Å²) in [6.07, 6.45) is 7.96. The number of nitrogens with zero attached hydrogens (tertiary/aromatic N) is 2. The monoisotopic (exact) mass is 324 g/mol. The fraction of sp³-hybridized carbons (Fsp3) is 0.500. The van der Waals surface area contributed by atoms with Crippen molar-refractivity contribution >= 4 is 17.9 Å². The minimum Gasteiger partial charge on any atom is -0.341 e. The molecule has 0 radical (unpaired) electrons. The maximum absolute atomic E-state index is 12.6. The highest BCUT2D eigenvalue weighted by molar-refractivity contribution is 5.92. The van der Waals surface area contributed by atoms with Crippen LogP contribution in [0.3, 0.4) is 0 Å². The molecule has 4 heteroatoms. The van der Waals surface area contributed by atoms with E-state index >= 15 is 0 Å². The average molecular weight is 324 g/mol. The van der Waals surface area contributed by atoms with Crippen molar-refractivity contribution in [2.45, 2.75) is 25.7 Å². The van der Waals surface area contributed by atoms with Crippen LogP contribution in [0.15, 0.2) is 36.4 Å². The average Bonchev–Trinajstić information content (AvgIpc) is 3.52. The summed E-state index contributed by atoms with van der Waals surface area (Å²) in [6, 6.07) is 9.85. The summed E-state index contributed by atoms with van der Waals surface area (Å²) >= 11 is 0. The van der Waals surface area contributed by atoms with E-state index in [1.165, 1.54) is 12.8 Å². The van der Waals surface area contributed by atoms with Crippen LogP contribution in [-0.4, -0.2) is 47.8 Å². The Hall–Kier alpha value is -2.10. The Labute approximate surface area is 143 Å². The third kappa shape index (κ3) is 3.10. The first kappa shape index (κ1) is 15.4. The van der Waals surface area contributed by atoms with E-state index in [1.54, 1.807) is 6.08 Å². The number of hydrogen-bond donors (Lipinski definition) is 0. The van der Waals surface area contributed by atoms with Crippen LogP contribution in [0.5, 0.6) is 0 Å². The van der Waals surface area contributed by atoms with Gasteiger partial charge in [0.25, 0.3) is 0 Å².